The van der Waals surface area contributed by atoms with Crippen molar-refractivity contribution in [2.24, 2.45) is 5.41 Å². The van der Waals surface area contributed by atoms with Crippen LogP contribution in [0.3, 0.4) is 0 Å². The Bertz CT molecular complexity index is 332. The van der Waals surface area contributed by atoms with E-state index >= 15 is 0 Å². The first-order valence-corrected chi connectivity index (χ1v) is 7.55. The maximum Gasteiger partial charge on any atom is 0.211 e. The molecule has 102 valence electrons. The highest BCUT2D eigenvalue weighted by Gasteiger charge is 2.29. The van der Waals surface area contributed by atoms with Crippen LogP contribution in [-0.4, -0.2) is 80.0 Å². The molecule has 0 saturated carbocycles. The Morgan fingerprint density at radius 1 is 1.12 bits per heavy atom. The number of rotatable bonds is 5. The van der Waals surface area contributed by atoms with Crippen molar-refractivity contribution < 1.29 is 18.6 Å². The molecule has 0 radical (unpaired) electrons. The van der Waals surface area contributed by atoms with E-state index in [9.17, 15) is 18.6 Å². The van der Waals surface area contributed by atoms with E-state index in [2.05, 4.69) is 4.90 Å². The van der Waals surface area contributed by atoms with Gasteiger partial charge in [0.1, 0.15) is 0 Å². The van der Waals surface area contributed by atoms with Crippen LogP contribution >= 0.6 is 0 Å². The van der Waals surface area contributed by atoms with Crippen molar-refractivity contribution in [2.75, 3.05) is 52.2 Å². The third-order valence-corrected chi connectivity index (χ3v) is 4.47. The van der Waals surface area contributed by atoms with Crippen LogP contribution in [0.2, 0.25) is 0 Å². The lowest BCUT2D eigenvalue weighted by Gasteiger charge is -2.38. The van der Waals surface area contributed by atoms with Crippen LogP contribution in [-0.2, 0) is 10.0 Å². The fraction of sp³-hybridized carbons (Fsp3) is 1.00. The number of sulfonamides is 1. The van der Waals surface area contributed by atoms with Gasteiger partial charge in [-0.1, -0.05) is 6.92 Å². The molecule has 0 atom stereocenters. The zero-order valence-corrected chi connectivity index (χ0v) is 11.3. The van der Waals surface area contributed by atoms with Crippen LogP contribution < -0.4 is 0 Å². The molecule has 0 aromatic carbocycles. The highest BCUT2D eigenvalue weighted by molar-refractivity contribution is 7.88. The molecule has 1 heterocycles. The summed E-state index contributed by atoms with van der Waals surface area (Å²) < 4.78 is 24.1. The summed E-state index contributed by atoms with van der Waals surface area (Å²) in [5.74, 6) is 0. The fourth-order valence-corrected chi connectivity index (χ4v) is 2.74. The number of aliphatic hydroxyl groups excluding tert-OH is 2. The van der Waals surface area contributed by atoms with Gasteiger partial charge in [0.05, 0.1) is 19.5 Å². The van der Waals surface area contributed by atoms with Gasteiger partial charge in [-0.3, -0.25) is 4.90 Å². The van der Waals surface area contributed by atoms with Gasteiger partial charge in [-0.25, -0.2) is 8.42 Å². The van der Waals surface area contributed by atoms with Gasteiger partial charge in [0.15, 0.2) is 0 Å². The lowest BCUT2D eigenvalue weighted by Crippen LogP contribution is -2.52. The van der Waals surface area contributed by atoms with Crippen LogP contribution in [0.15, 0.2) is 0 Å². The summed E-state index contributed by atoms with van der Waals surface area (Å²) >= 11 is 0. The van der Waals surface area contributed by atoms with Crippen molar-refractivity contribution >= 4 is 10.0 Å². The number of piperazine rings is 1. The van der Waals surface area contributed by atoms with E-state index in [1.165, 1.54) is 10.6 Å². The molecule has 1 fully saturated rings. The molecule has 1 saturated heterocycles. The molecule has 17 heavy (non-hydrogen) atoms. The Labute approximate surface area is 103 Å². The molecule has 0 aromatic rings. The maximum absolute atomic E-state index is 11.3. The number of hydrogen-bond donors (Lipinski definition) is 2. The summed E-state index contributed by atoms with van der Waals surface area (Å²) in [5, 5.41) is 18.4. The minimum absolute atomic E-state index is 0.0736. The van der Waals surface area contributed by atoms with E-state index in [4.69, 9.17) is 0 Å². The van der Waals surface area contributed by atoms with E-state index in [1.54, 1.807) is 0 Å². The van der Waals surface area contributed by atoms with E-state index in [0.717, 1.165) is 0 Å². The maximum atomic E-state index is 11.3. The number of hydrogen-bond acceptors (Lipinski definition) is 5. The topological polar surface area (TPSA) is 81.1 Å². The summed E-state index contributed by atoms with van der Waals surface area (Å²) in [6.07, 6.45) is 1.22. The summed E-state index contributed by atoms with van der Waals surface area (Å²) in [6, 6.07) is 0. The minimum atomic E-state index is -3.10. The Hall–Kier alpha value is -0.210. The van der Waals surface area contributed by atoms with Crippen LogP contribution in [0.1, 0.15) is 6.92 Å². The van der Waals surface area contributed by atoms with Gasteiger partial charge in [0.2, 0.25) is 10.0 Å². The molecule has 1 aliphatic heterocycles. The van der Waals surface area contributed by atoms with Gasteiger partial charge in [-0.2, -0.15) is 4.31 Å². The van der Waals surface area contributed by atoms with Crippen molar-refractivity contribution in [1.29, 1.82) is 0 Å². The third kappa shape index (κ3) is 4.18. The Morgan fingerprint density at radius 2 is 1.59 bits per heavy atom. The second kappa shape index (κ2) is 5.62. The molecule has 0 amide bonds. The Balaban J connectivity index is 2.48. The predicted octanol–water partition coefficient (Wildman–Crippen LogP) is -1.45. The third-order valence-electron chi connectivity index (χ3n) is 3.17. The van der Waals surface area contributed by atoms with Crippen molar-refractivity contribution in [3.63, 3.8) is 0 Å². The standard InChI is InChI=1S/C10H22N2O4S/c1-10(8-13,9-14)7-11-3-5-12(6-4-11)17(2,15)16/h13-14H,3-9H2,1-2H3. The van der Waals surface area contributed by atoms with Crippen molar-refractivity contribution in [3.05, 3.63) is 0 Å². The minimum Gasteiger partial charge on any atom is -0.396 e. The molecule has 0 aliphatic carbocycles. The second-order valence-corrected chi connectivity index (χ2v) is 7.05. The predicted molar refractivity (Wildman–Crippen MR) is 65.1 cm³/mol. The van der Waals surface area contributed by atoms with Gasteiger partial charge < -0.3 is 10.2 Å². The largest absolute Gasteiger partial charge is 0.396 e. The zero-order chi connectivity index (χ0) is 13.1. The SMILES string of the molecule is CC(CO)(CO)CN1CCN(S(C)(=O)=O)CC1. The molecule has 0 aromatic heterocycles. The molecular formula is C10H22N2O4S. The van der Waals surface area contributed by atoms with E-state index in [1.807, 2.05) is 6.92 Å². The van der Waals surface area contributed by atoms with Crippen LogP contribution in [0.5, 0.6) is 0 Å². The first-order valence-electron chi connectivity index (χ1n) is 5.70. The van der Waals surface area contributed by atoms with Gasteiger partial charge in [-0.05, 0) is 0 Å². The average molecular weight is 266 g/mol. The average Bonchev–Trinajstić information content (AvgIpc) is 2.28. The highest BCUT2D eigenvalue weighted by Crippen LogP contribution is 2.18. The molecule has 1 aliphatic rings. The Kier molecular flexibility index (Phi) is 4.91. The zero-order valence-electron chi connectivity index (χ0n) is 10.5. The summed E-state index contributed by atoms with van der Waals surface area (Å²) in [5.41, 5.74) is -0.521. The highest BCUT2D eigenvalue weighted by atomic mass is 32.2. The van der Waals surface area contributed by atoms with Crippen LogP contribution in [0.4, 0.5) is 0 Å². The van der Waals surface area contributed by atoms with E-state index < -0.39 is 15.4 Å². The van der Waals surface area contributed by atoms with E-state index in [0.29, 0.717) is 32.7 Å². The van der Waals surface area contributed by atoms with Gasteiger partial charge in [0.25, 0.3) is 0 Å². The molecule has 1 rings (SSSR count). The summed E-state index contributed by atoms with van der Waals surface area (Å²) in [7, 11) is -3.10. The van der Waals surface area contributed by atoms with Crippen molar-refractivity contribution in [2.45, 2.75) is 6.92 Å². The van der Waals surface area contributed by atoms with E-state index in [-0.39, 0.29) is 13.2 Å². The van der Waals surface area contributed by atoms with Crippen molar-refractivity contribution in [3.8, 4) is 0 Å². The smallest absolute Gasteiger partial charge is 0.211 e. The van der Waals surface area contributed by atoms with Gasteiger partial charge in [0, 0.05) is 38.1 Å². The lowest BCUT2D eigenvalue weighted by atomic mass is 9.92. The number of nitrogens with zero attached hydrogens (tertiary/aromatic N) is 2. The lowest BCUT2D eigenvalue weighted by molar-refractivity contribution is 0.0264. The number of aliphatic hydroxyl groups is 2. The monoisotopic (exact) mass is 266 g/mol. The fourth-order valence-electron chi connectivity index (χ4n) is 1.91. The Morgan fingerprint density at radius 3 is 1.94 bits per heavy atom. The van der Waals surface area contributed by atoms with Crippen molar-refractivity contribution in [1.82, 2.24) is 9.21 Å². The first-order chi connectivity index (χ1) is 7.80. The first kappa shape index (κ1) is 14.8. The molecule has 7 heteroatoms. The molecule has 0 unspecified atom stereocenters. The van der Waals surface area contributed by atoms with Crippen LogP contribution in [0.25, 0.3) is 0 Å². The van der Waals surface area contributed by atoms with Crippen LogP contribution in [0, 0.1) is 5.41 Å². The molecular weight excluding hydrogens is 244 g/mol. The van der Waals surface area contributed by atoms with Gasteiger partial charge >= 0.3 is 0 Å². The molecule has 0 spiro atoms. The quantitative estimate of drug-likeness (QED) is 0.636. The second-order valence-electron chi connectivity index (χ2n) is 5.07. The van der Waals surface area contributed by atoms with Gasteiger partial charge in [-0.15, -0.1) is 0 Å². The molecule has 2 N–H and O–H groups in total. The molecule has 6 nitrogen and oxygen atoms in total. The summed E-state index contributed by atoms with van der Waals surface area (Å²) in [6.45, 7) is 4.49. The normalized spacial score (nSPS) is 20.7. The summed E-state index contributed by atoms with van der Waals surface area (Å²) in [4.78, 5) is 2.08. The molecule has 0 bridgehead atoms.